The van der Waals surface area contributed by atoms with E-state index in [0.717, 1.165) is 50.7 Å². The van der Waals surface area contributed by atoms with Crippen LogP contribution in [0.5, 0.6) is 0 Å². The molecule has 0 saturated heterocycles. The number of nitrogens with one attached hydrogen (secondary N) is 1. The van der Waals surface area contributed by atoms with E-state index >= 15 is 0 Å². The summed E-state index contributed by atoms with van der Waals surface area (Å²) in [5.74, 6) is 0.0256. The van der Waals surface area contributed by atoms with Crippen LogP contribution >= 0.6 is 22.9 Å². The first kappa shape index (κ1) is 24.8. The van der Waals surface area contributed by atoms with Gasteiger partial charge in [0.1, 0.15) is 5.82 Å². The van der Waals surface area contributed by atoms with Crippen LogP contribution in [0.25, 0.3) is 27.0 Å². The molecule has 1 atom stereocenters. The number of aliphatic carboxylic acids is 1. The summed E-state index contributed by atoms with van der Waals surface area (Å²) in [5.41, 5.74) is 4.66. The van der Waals surface area contributed by atoms with E-state index in [0.29, 0.717) is 29.6 Å². The summed E-state index contributed by atoms with van der Waals surface area (Å²) in [5, 5.41) is 23.5. The average Bonchev–Trinajstić information content (AvgIpc) is 3.51. The molecule has 0 spiro atoms. The number of pyridine rings is 1. The Bertz CT molecular complexity index is 1590. The fourth-order valence-corrected chi connectivity index (χ4v) is 6.56. The number of fused-ring (bicyclic) bond motifs is 2. The lowest BCUT2D eigenvalue weighted by molar-refractivity contribution is -0.142. The standard InChI is InChI=1S/C29H28ClN5O2S/c30-22-8-11-24-25(17-22)38-29(32-24)31-23-9-6-19(7-10-23)20-12-13-35-26(15-20)33-34-27(35)16-21(28(36)37)14-18-4-2-1-3-5-18/h6-13,15,17-18,21H,1-5,14,16H2,(H,31,32)(H,36,37)/t21-/m1/s1. The van der Waals surface area contributed by atoms with E-state index in [-0.39, 0.29) is 0 Å². The summed E-state index contributed by atoms with van der Waals surface area (Å²) in [7, 11) is 0. The van der Waals surface area contributed by atoms with E-state index < -0.39 is 11.9 Å². The van der Waals surface area contributed by atoms with Crippen molar-refractivity contribution < 1.29 is 9.90 Å². The molecule has 1 aliphatic rings. The van der Waals surface area contributed by atoms with Crippen molar-refractivity contribution in [2.75, 3.05) is 5.32 Å². The third-order valence-corrected chi connectivity index (χ3v) is 8.59. The van der Waals surface area contributed by atoms with Gasteiger partial charge in [0.05, 0.1) is 16.1 Å². The third kappa shape index (κ3) is 5.37. The largest absolute Gasteiger partial charge is 0.481 e. The highest BCUT2D eigenvalue weighted by Crippen LogP contribution is 2.32. The molecule has 2 N–H and O–H groups in total. The maximum Gasteiger partial charge on any atom is 0.306 e. The van der Waals surface area contributed by atoms with Crippen molar-refractivity contribution in [3.8, 4) is 11.1 Å². The van der Waals surface area contributed by atoms with Crippen LogP contribution in [0.15, 0.2) is 60.8 Å². The Balaban J connectivity index is 1.16. The lowest BCUT2D eigenvalue weighted by Gasteiger charge is -2.24. The van der Waals surface area contributed by atoms with Crippen molar-refractivity contribution in [2.24, 2.45) is 11.8 Å². The molecule has 5 aromatic rings. The molecule has 2 aromatic carbocycles. The van der Waals surface area contributed by atoms with Gasteiger partial charge in [0.25, 0.3) is 0 Å². The molecule has 9 heteroatoms. The van der Waals surface area contributed by atoms with Gasteiger partial charge in [-0.25, -0.2) is 4.98 Å². The molecule has 1 aliphatic carbocycles. The molecule has 0 unspecified atom stereocenters. The zero-order valence-electron chi connectivity index (χ0n) is 20.8. The van der Waals surface area contributed by atoms with Gasteiger partial charge in [0, 0.05) is 23.3 Å². The second kappa shape index (κ2) is 10.7. The summed E-state index contributed by atoms with van der Waals surface area (Å²) >= 11 is 7.66. The lowest BCUT2D eigenvalue weighted by atomic mass is 9.82. The Kier molecular flexibility index (Phi) is 7.00. The van der Waals surface area contributed by atoms with E-state index in [9.17, 15) is 9.90 Å². The van der Waals surface area contributed by atoms with E-state index in [1.807, 2.05) is 53.1 Å². The number of carboxylic acids is 1. The zero-order valence-corrected chi connectivity index (χ0v) is 22.4. The number of aromatic nitrogens is 4. The Morgan fingerprint density at radius 3 is 2.66 bits per heavy atom. The van der Waals surface area contributed by atoms with E-state index in [1.54, 1.807) is 11.3 Å². The van der Waals surface area contributed by atoms with Gasteiger partial charge in [-0.3, -0.25) is 9.20 Å². The molecule has 0 amide bonds. The van der Waals surface area contributed by atoms with Crippen molar-refractivity contribution in [1.29, 1.82) is 0 Å². The van der Waals surface area contributed by atoms with Crippen LogP contribution in [0.3, 0.4) is 0 Å². The SMILES string of the molecule is O=C(O)[C@@H](Cc1nnc2cc(-c3ccc(Nc4nc5ccc(Cl)cc5s4)cc3)ccn12)CC1CCCCC1. The summed E-state index contributed by atoms with van der Waals surface area (Å²) in [6.07, 6.45) is 9.01. The Morgan fingerprint density at radius 2 is 1.87 bits per heavy atom. The predicted molar refractivity (Wildman–Crippen MR) is 152 cm³/mol. The summed E-state index contributed by atoms with van der Waals surface area (Å²) in [6.45, 7) is 0. The summed E-state index contributed by atoms with van der Waals surface area (Å²) < 4.78 is 2.96. The first-order valence-electron chi connectivity index (χ1n) is 13.0. The second-order valence-corrected chi connectivity index (χ2v) is 11.5. The summed E-state index contributed by atoms with van der Waals surface area (Å²) in [4.78, 5) is 16.6. The Labute approximate surface area is 229 Å². The van der Waals surface area contributed by atoms with Gasteiger partial charge in [-0.15, -0.1) is 10.2 Å². The van der Waals surface area contributed by atoms with Crippen molar-refractivity contribution in [3.05, 3.63) is 71.6 Å². The van der Waals surface area contributed by atoms with Crippen molar-refractivity contribution in [2.45, 2.75) is 44.9 Å². The number of hydrogen-bond donors (Lipinski definition) is 2. The number of benzene rings is 2. The molecule has 194 valence electrons. The highest BCUT2D eigenvalue weighted by atomic mass is 35.5. The second-order valence-electron chi connectivity index (χ2n) is 10.1. The molecule has 0 radical (unpaired) electrons. The number of nitrogens with zero attached hydrogens (tertiary/aromatic N) is 4. The predicted octanol–water partition coefficient (Wildman–Crippen LogP) is 7.62. The highest BCUT2D eigenvalue weighted by molar-refractivity contribution is 7.22. The maximum absolute atomic E-state index is 12.0. The van der Waals surface area contributed by atoms with Crippen molar-refractivity contribution in [1.82, 2.24) is 19.6 Å². The minimum atomic E-state index is -0.743. The van der Waals surface area contributed by atoms with E-state index in [2.05, 4.69) is 32.6 Å². The lowest BCUT2D eigenvalue weighted by Crippen LogP contribution is -2.22. The minimum Gasteiger partial charge on any atom is -0.481 e. The quantitative estimate of drug-likeness (QED) is 0.208. The monoisotopic (exact) mass is 545 g/mol. The molecule has 1 saturated carbocycles. The topological polar surface area (TPSA) is 92.4 Å². The van der Waals surface area contributed by atoms with Crippen LogP contribution in [0.1, 0.15) is 44.3 Å². The van der Waals surface area contributed by atoms with Gasteiger partial charge in [-0.1, -0.05) is 67.2 Å². The molecule has 6 rings (SSSR count). The molecular weight excluding hydrogens is 518 g/mol. The first-order valence-corrected chi connectivity index (χ1v) is 14.2. The van der Waals surface area contributed by atoms with Gasteiger partial charge in [-0.05, 0) is 65.9 Å². The molecule has 38 heavy (non-hydrogen) atoms. The van der Waals surface area contributed by atoms with Crippen LogP contribution in [-0.2, 0) is 11.2 Å². The fraction of sp³-hybridized carbons (Fsp3) is 0.310. The van der Waals surface area contributed by atoms with Crippen LogP contribution in [-0.4, -0.2) is 30.7 Å². The Morgan fingerprint density at radius 1 is 1.05 bits per heavy atom. The first-order chi connectivity index (χ1) is 18.5. The number of hydrogen-bond acceptors (Lipinski definition) is 6. The third-order valence-electron chi connectivity index (χ3n) is 7.42. The highest BCUT2D eigenvalue weighted by Gasteiger charge is 2.26. The molecule has 0 aliphatic heterocycles. The van der Waals surface area contributed by atoms with Gasteiger partial charge < -0.3 is 10.4 Å². The number of carbonyl (C=O) groups is 1. The van der Waals surface area contributed by atoms with Gasteiger partial charge in [0.15, 0.2) is 10.8 Å². The minimum absolute atomic E-state index is 0.394. The maximum atomic E-state index is 12.0. The van der Waals surface area contributed by atoms with Crippen LogP contribution in [0.2, 0.25) is 5.02 Å². The fourth-order valence-electron chi connectivity index (χ4n) is 5.40. The Hall–Kier alpha value is -3.49. The van der Waals surface area contributed by atoms with E-state index in [1.165, 1.54) is 19.3 Å². The van der Waals surface area contributed by atoms with Gasteiger partial charge in [0.2, 0.25) is 0 Å². The number of anilines is 2. The van der Waals surface area contributed by atoms with Crippen molar-refractivity contribution in [3.63, 3.8) is 0 Å². The van der Waals surface area contributed by atoms with E-state index in [4.69, 9.17) is 11.6 Å². The number of carboxylic acid groups (broad SMARTS) is 1. The molecule has 0 bridgehead atoms. The molecule has 3 aromatic heterocycles. The van der Waals surface area contributed by atoms with Gasteiger partial charge >= 0.3 is 5.97 Å². The number of halogens is 1. The molecule has 1 fully saturated rings. The average molecular weight is 546 g/mol. The smallest absolute Gasteiger partial charge is 0.306 e. The molecule has 3 heterocycles. The van der Waals surface area contributed by atoms with Crippen LogP contribution in [0, 0.1) is 11.8 Å². The number of rotatable bonds is 8. The number of thiazole rings is 1. The normalized spacial score (nSPS) is 15.2. The molecule has 7 nitrogen and oxygen atoms in total. The summed E-state index contributed by atoms with van der Waals surface area (Å²) in [6, 6.07) is 17.9. The van der Waals surface area contributed by atoms with Crippen LogP contribution in [0.4, 0.5) is 10.8 Å². The molecular formula is C29H28ClN5O2S. The van der Waals surface area contributed by atoms with Crippen LogP contribution < -0.4 is 5.32 Å². The van der Waals surface area contributed by atoms with Gasteiger partial charge in [-0.2, -0.15) is 0 Å². The zero-order chi connectivity index (χ0) is 26.1. The van der Waals surface area contributed by atoms with Crippen molar-refractivity contribution >= 4 is 55.6 Å².